The van der Waals surface area contributed by atoms with E-state index in [2.05, 4.69) is 23.9 Å². The van der Waals surface area contributed by atoms with E-state index in [1.807, 2.05) is 20.0 Å². The Labute approximate surface area is 110 Å². The second-order valence-corrected chi connectivity index (χ2v) is 4.42. The summed E-state index contributed by atoms with van der Waals surface area (Å²) in [4.78, 5) is 14.2. The average molecular weight is 281 g/mol. The van der Waals surface area contributed by atoms with Crippen LogP contribution in [-0.4, -0.2) is 12.8 Å². The van der Waals surface area contributed by atoms with Crippen LogP contribution in [0.5, 0.6) is 5.75 Å². The number of fused-ring (bicyclic) bond motifs is 1. The standard InChI is InChI=1S/C11H14BNO3P2/c12-5-9(16-18)6-1-3-8(15-17)11-7(6)2-4-10(14)13-11/h1-4,9H,5,12,17-18H2,(H,13,14)/t9-/m0/s1. The summed E-state index contributed by atoms with van der Waals surface area (Å²) in [5.74, 6) is 0.620. The van der Waals surface area contributed by atoms with Crippen molar-refractivity contribution in [1.82, 2.24) is 4.98 Å². The number of nitrogens with one attached hydrogen (secondary N) is 1. The summed E-state index contributed by atoms with van der Waals surface area (Å²) in [5.41, 5.74) is 1.57. The van der Waals surface area contributed by atoms with E-state index in [1.165, 1.54) is 6.07 Å². The highest BCUT2D eigenvalue weighted by atomic mass is 31.0. The van der Waals surface area contributed by atoms with Gasteiger partial charge in [-0.25, -0.2) is 0 Å². The van der Waals surface area contributed by atoms with Gasteiger partial charge < -0.3 is 14.0 Å². The van der Waals surface area contributed by atoms with Crippen molar-refractivity contribution >= 4 is 37.7 Å². The predicted molar refractivity (Wildman–Crippen MR) is 81.8 cm³/mol. The van der Waals surface area contributed by atoms with Crippen LogP contribution < -0.4 is 10.1 Å². The molecule has 0 amide bonds. The second-order valence-electron chi connectivity index (χ2n) is 3.92. The maximum Gasteiger partial charge on any atom is 0.248 e. The molecule has 0 aliphatic rings. The van der Waals surface area contributed by atoms with E-state index in [1.54, 1.807) is 6.07 Å². The number of aromatic amines is 1. The summed E-state index contributed by atoms with van der Waals surface area (Å²) >= 11 is 0. The fourth-order valence-corrected chi connectivity index (χ4v) is 2.55. The number of H-pyrrole nitrogens is 1. The van der Waals surface area contributed by atoms with Crippen molar-refractivity contribution in [3.63, 3.8) is 0 Å². The van der Waals surface area contributed by atoms with Gasteiger partial charge in [-0.15, -0.1) is 0 Å². The third-order valence-electron chi connectivity index (χ3n) is 2.90. The highest BCUT2D eigenvalue weighted by Crippen LogP contribution is 2.33. The second kappa shape index (κ2) is 5.84. The maximum absolute atomic E-state index is 11.4. The largest absolute Gasteiger partial charge is 0.478 e. The minimum Gasteiger partial charge on any atom is -0.478 e. The number of hydrogen-bond acceptors (Lipinski definition) is 3. The van der Waals surface area contributed by atoms with Crippen LogP contribution in [0, 0.1) is 0 Å². The van der Waals surface area contributed by atoms with Gasteiger partial charge >= 0.3 is 0 Å². The summed E-state index contributed by atoms with van der Waals surface area (Å²) in [5, 5.41) is 0.934. The Morgan fingerprint density at radius 3 is 2.67 bits per heavy atom. The Morgan fingerprint density at radius 1 is 1.28 bits per heavy atom. The fourth-order valence-electron chi connectivity index (χ4n) is 2.02. The topological polar surface area (TPSA) is 51.3 Å². The molecule has 7 heteroatoms. The predicted octanol–water partition coefficient (Wildman–Crippen LogP) is 1.60. The van der Waals surface area contributed by atoms with Crippen molar-refractivity contribution in [2.45, 2.75) is 12.4 Å². The first-order valence-corrected chi connectivity index (χ1v) is 6.53. The molecule has 0 aliphatic heterocycles. The van der Waals surface area contributed by atoms with Gasteiger partial charge in [0, 0.05) is 20.9 Å². The molecular formula is C11H14BNO3P2. The fraction of sp³-hybridized carbons (Fsp3) is 0.182. The van der Waals surface area contributed by atoms with Crippen LogP contribution in [0.2, 0.25) is 6.32 Å². The van der Waals surface area contributed by atoms with Gasteiger partial charge in [-0.05, 0) is 17.7 Å². The molecule has 0 bridgehead atoms. The normalized spacial score (nSPS) is 12.6. The lowest BCUT2D eigenvalue weighted by atomic mass is 9.92. The third-order valence-corrected chi connectivity index (χ3v) is 3.48. The molecular weight excluding hydrogens is 267 g/mol. The molecule has 2 unspecified atom stereocenters. The lowest BCUT2D eigenvalue weighted by molar-refractivity contribution is 0.272. The number of benzene rings is 1. The van der Waals surface area contributed by atoms with Crippen molar-refractivity contribution in [2.75, 3.05) is 0 Å². The monoisotopic (exact) mass is 281 g/mol. The van der Waals surface area contributed by atoms with Gasteiger partial charge in [-0.1, -0.05) is 12.4 Å². The zero-order valence-electron chi connectivity index (χ0n) is 9.97. The first kappa shape index (κ1) is 13.5. The molecule has 94 valence electrons. The van der Waals surface area contributed by atoms with Crippen LogP contribution >= 0.6 is 18.9 Å². The molecule has 1 aromatic carbocycles. The Morgan fingerprint density at radius 2 is 2.06 bits per heavy atom. The highest BCUT2D eigenvalue weighted by molar-refractivity contribution is 7.10. The Hall–Kier alpha value is -0.885. The third kappa shape index (κ3) is 2.44. The van der Waals surface area contributed by atoms with E-state index in [0.29, 0.717) is 11.3 Å². The maximum atomic E-state index is 11.4. The van der Waals surface area contributed by atoms with Crippen molar-refractivity contribution in [3.05, 3.63) is 40.2 Å². The summed E-state index contributed by atoms with van der Waals surface area (Å²) in [6, 6.07) is 7.09. The molecule has 2 rings (SSSR count). The van der Waals surface area contributed by atoms with Gasteiger partial charge in [-0.2, -0.15) is 0 Å². The van der Waals surface area contributed by atoms with Crippen molar-refractivity contribution < 1.29 is 9.05 Å². The molecule has 1 N–H and O–H groups in total. The molecule has 0 radical (unpaired) electrons. The van der Waals surface area contributed by atoms with Gasteiger partial charge in [0.1, 0.15) is 13.6 Å². The molecule has 3 atom stereocenters. The van der Waals surface area contributed by atoms with Gasteiger partial charge in [0.2, 0.25) is 5.56 Å². The van der Waals surface area contributed by atoms with Crippen molar-refractivity contribution in [3.8, 4) is 5.75 Å². The summed E-state index contributed by atoms with van der Waals surface area (Å²) in [6.07, 6.45) is 0.820. The molecule has 18 heavy (non-hydrogen) atoms. The lowest BCUT2D eigenvalue weighted by Gasteiger charge is -2.16. The molecule has 1 heterocycles. The van der Waals surface area contributed by atoms with E-state index in [0.717, 1.165) is 17.3 Å². The van der Waals surface area contributed by atoms with Crippen molar-refractivity contribution in [1.29, 1.82) is 0 Å². The molecule has 0 aliphatic carbocycles. The van der Waals surface area contributed by atoms with E-state index in [4.69, 9.17) is 9.05 Å². The number of rotatable bonds is 4. The zero-order chi connectivity index (χ0) is 13.1. The molecule has 1 aromatic heterocycles. The van der Waals surface area contributed by atoms with E-state index < -0.39 is 0 Å². The average Bonchev–Trinajstić information content (AvgIpc) is 2.39. The number of pyridine rings is 1. The minimum atomic E-state index is -0.150. The van der Waals surface area contributed by atoms with E-state index in [9.17, 15) is 4.79 Å². The molecule has 0 saturated heterocycles. The van der Waals surface area contributed by atoms with E-state index >= 15 is 0 Å². The minimum absolute atomic E-state index is 0.0260. The van der Waals surface area contributed by atoms with E-state index in [-0.39, 0.29) is 11.7 Å². The van der Waals surface area contributed by atoms with Crippen LogP contribution in [0.1, 0.15) is 11.7 Å². The number of hydrogen-bond donors (Lipinski definition) is 1. The molecule has 2 aromatic rings. The Bertz CT molecular complexity index is 613. The van der Waals surface area contributed by atoms with Gasteiger partial charge in [0.15, 0.2) is 0 Å². The van der Waals surface area contributed by atoms with Crippen molar-refractivity contribution in [2.24, 2.45) is 0 Å². The first-order valence-electron chi connectivity index (χ1n) is 5.59. The van der Waals surface area contributed by atoms with Crippen LogP contribution in [0.25, 0.3) is 10.9 Å². The lowest BCUT2D eigenvalue weighted by Crippen LogP contribution is -2.06. The Kier molecular flexibility index (Phi) is 4.39. The summed E-state index contributed by atoms with van der Waals surface area (Å²) in [7, 11) is 6.53. The highest BCUT2D eigenvalue weighted by Gasteiger charge is 2.14. The quantitative estimate of drug-likeness (QED) is 0.684. The molecule has 0 spiro atoms. The smallest absolute Gasteiger partial charge is 0.248 e. The van der Waals surface area contributed by atoms with Crippen LogP contribution in [0.4, 0.5) is 0 Å². The van der Waals surface area contributed by atoms with Gasteiger partial charge in [0.25, 0.3) is 0 Å². The van der Waals surface area contributed by atoms with Crippen LogP contribution in [-0.2, 0) is 4.52 Å². The Balaban J connectivity index is 2.74. The first-order chi connectivity index (χ1) is 8.71. The number of aromatic nitrogens is 1. The van der Waals surface area contributed by atoms with Crippen LogP contribution in [0.15, 0.2) is 29.1 Å². The van der Waals surface area contributed by atoms with Gasteiger partial charge in [0.05, 0.1) is 21.1 Å². The van der Waals surface area contributed by atoms with Gasteiger partial charge in [-0.3, -0.25) is 4.79 Å². The molecule has 4 nitrogen and oxygen atoms in total. The zero-order valence-corrected chi connectivity index (χ0v) is 12.3. The SMILES string of the molecule is BC[C@H](OP)c1ccc(OP)c2[nH]c(=O)ccc12. The van der Waals surface area contributed by atoms with Crippen LogP contribution in [0.3, 0.4) is 0 Å². The molecule has 0 fully saturated rings. The summed E-state index contributed by atoms with van der Waals surface area (Å²) < 4.78 is 10.6. The summed E-state index contributed by atoms with van der Waals surface area (Å²) in [6.45, 7) is 0. The molecule has 0 saturated carbocycles.